The molecule has 0 N–H and O–H groups in total. The smallest absolute Gasteiger partial charge is 0.337 e. The maximum absolute atomic E-state index is 15.6. The SMILES string of the molecule is COC(=O)c1cc(C(=O)OC)cc(-c2ccc(O[C@H]3O[C@H](COC(C)=O)[C@@H](OC(C)=O)[C@H](OC(C)=O)[C@H]3F)cc2)c1. The van der Waals surface area contributed by atoms with E-state index in [-0.39, 0.29) is 16.9 Å². The molecular weight excluding hydrogens is 547 g/mol. The van der Waals surface area contributed by atoms with Crippen molar-refractivity contribution >= 4 is 29.8 Å². The van der Waals surface area contributed by atoms with Crippen molar-refractivity contribution in [2.24, 2.45) is 0 Å². The van der Waals surface area contributed by atoms with Crippen LogP contribution >= 0.6 is 0 Å². The van der Waals surface area contributed by atoms with E-state index in [1.165, 1.54) is 44.6 Å². The molecule has 1 fully saturated rings. The number of ether oxygens (including phenoxy) is 7. The monoisotopic (exact) mass is 576 g/mol. The van der Waals surface area contributed by atoms with Crippen molar-refractivity contribution in [3.63, 3.8) is 0 Å². The lowest BCUT2D eigenvalue weighted by Gasteiger charge is -2.41. The van der Waals surface area contributed by atoms with Gasteiger partial charge in [0.1, 0.15) is 18.5 Å². The predicted molar refractivity (Wildman–Crippen MR) is 136 cm³/mol. The maximum Gasteiger partial charge on any atom is 0.337 e. The van der Waals surface area contributed by atoms with E-state index in [4.69, 9.17) is 33.2 Å². The van der Waals surface area contributed by atoms with Crippen molar-refractivity contribution in [1.82, 2.24) is 0 Å². The van der Waals surface area contributed by atoms with Gasteiger partial charge in [0.25, 0.3) is 0 Å². The van der Waals surface area contributed by atoms with Gasteiger partial charge in [-0.3, -0.25) is 14.4 Å². The van der Waals surface area contributed by atoms with E-state index < -0.39 is 67.2 Å². The molecule has 0 unspecified atom stereocenters. The fourth-order valence-electron chi connectivity index (χ4n) is 4.08. The van der Waals surface area contributed by atoms with Gasteiger partial charge in [0, 0.05) is 20.8 Å². The van der Waals surface area contributed by atoms with E-state index in [1.807, 2.05) is 0 Å². The first kappa shape index (κ1) is 31.0. The molecule has 0 saturated carbocycles. The summed E-state index contributed by atoms with van der Waals surface area (Å²) in [5.41, 5.74) is 1.30. The molecule has 1 heterocycles. The Bertz CT molecular complexity index is 1260. The molecule has 12 nitrogen and oxygen atoms in total. The van der Waals surface area contributed by atoms with Crippen LogP contribution in [-0.4, -0.2) is 81.4 Å². The molecule has 41 heavy (non-hydrogen) atoms. The largest absolute Gasteiger partial charge is 0.465 e. The number of hydrogen-bond donors (Lipinski definition) is 0. The summed E-state index contributed by atoms with van der Waals surface area (Å²) in [4.78, 5) is 59.0. The lowest BCUT2D eigenvalue weighted by Crippen LogP contribution is -2.61. The molecule has 220 valence electrons. The van der Waals surface area contributed by atoms with Gasteiger partial charge in [-0.1, -0.05) is 12.1 Å². The van der Waals surface area contributed by atoms with Crippen molar-refractivity contribution in [2.75, 3.05) is 20.8 Å². The fourth-order valence-corrected chi connectivity index (χ4v) is 4.08. The summed E-state index contributed by atoms with van der Waals surface area (Å²) in [5.74, 6) is -3.47. The summed E-state index contributed by atoms with van der Waals surface area (Å²) < 4.78 is 51.7. The third-order valence-electron chi connectivity index (χ3n) is 5.84. The Labute approximate surface area is 234 Å². The Hall–Kier alpha value is -4.52. The van der Waals surface area contributed by atoms with Crippen molar-refractivity contribution in [1.29, 1.82) is 0 Å². The molecule has 0 aliphatic carbocycles. The average Bonchev–Trinajstić information content (AvgIpc) is 2.94. The zero-order chi connectivity index (χ0) is 30.3. The zero-order valence-corrected chi connectivity index (χ0v) is 22.9. The molecule has 13 heteroatoms. The highest BCUT2D eigenvalue weighted by Gasteiger charge is 2.52. The molecule has 2 aromatic carbocycles. The van der Waals surface area contributed by atoms with Crippen molar-refractivity contribution in [3.8, 4) is 16.9 Å². The molecule has 2 aromatic rings. The molecule has 1 aliphatic rings. The Morgan fingerprint density at radius 3 is 1.78 bits per heavy atom. The minimum atomic E-state index is -2.10. The average molecular weight is 577 g/mol. The summed E-state index contributed by atoms with van der Waals surface area (Å²) >= 11 is 0. The Morgan fingerprint density at radius 2 is 1.29 bits per heavy atom. The lowest BCUT2D eigenvalue weighted by atomic mass is 9.99. The second-order valence-electron chi connectivity index (χ2n) is 8.86. The van der Waals surface area contributed by atoms with Crippen LogP contribution in [0.3, 0.4) is 0 Å². The van der Waals surface area contributed by atoms with Crippen LogP contribution < -0.4 is 4.74 Å². The quantitative estimate of drug-likeness (QED) is 0.319. The van der Waals surface area contributed by atoms with Gasteiger partial charge in [-0.05, 0) is 41.5 Å². The normalized spacial score (nSPS) is 21.7. The van der Waals surface area contributed by atoms with Gasteiger partial charge < -0.3 is 33.2 Å². The lowest BCUT2D eigenvalue weighted by molar-refractivity contribution is -0.271. The second-order valence-corrected chi connectivity index (χ2v) is 8.86. The van der Waals surface area contributed by atoms with Gasteiger partial charge in [-0.25, -0.2) is 14.0 Å². The molecule has 0 amide bonds. The highest BCUT2D eigenvalue weighted by atomic mass is 19.1. The van der Waals surface area contributed by atoms with E-state index in [9.17, 15) is 24.0 Å². The minimum Gasteiger partial charge on any atom is -0.465 e. The van der Waals surface area contributed by atoms with Crippen LogP contribution in [0.25, 0.3) is 11.1 Å². The summed E-state index contributed by atoms with van der Waals surface area (Å²) in [6, 6.07) is 10.5. The Kier molecular flexibility index (Phi) is 10.4. The summed E-state index contributed by atoms with van der Waals surface area (Å²) in [5, 5.41) is 0. The van der Waals surface area contributed by atoms with Gasteiger partial charge in [-0.2, -0.15) is 0 Å². The Morgan fingerprint density at radius 1 is 0.756 bits per heavy atom. The third-order valence-corrected chi connectivity index (χ3v) is 5.84. The fraction of sp³-hybridized carbons (Fsp3) is 0.393. The highest BCUT2D eigenvalue weighted by Crippen LogP contribution is 2.32. The molecule has 1 aliphatic heterocycles. The van der Waals surface area contributed by atoms with Crippen molar-refractivity contribution < 1.29 is 61.5 Å². The first-order valence-corrected chi connectivity index (χ1v) is 12.3. The van der Waals surface area contributed by atoms with Crippen molar-refractivity contribution in [2.45, 2.75) is 51.5 Å². The number of hydrogen-bond acceptors (Lipinski definition) is 12. The molecule has 5 atom stereocenters. The number of rotatable bonds is 9. The van der Waals surface area contributed by atoms with Crippen LogP contribution in [0.1, 0.15) is 41.5 Å². The topological polar surface area (TPSA) is 150 Å². The minimum absolute atomic E-state index is 0.124. The molecule has 1 saturated heterocycles. The standard InChI is InChI=1S/C28H29FO12/c1-14(30)37-13-22-24(38-15(2)31)25(39-16(3)32)23(29)28(41-22)40-21-8-6-17(7-9-21)18-10-19(26(33)35-4)12-20(11-18)27(34)36-5/h6-12,22-25,28H,13H2,1-5H3/t22-,23-,24-,25-,28+/m1/s1. The van der Waals surface area contributed by atoms with Crippen LogP contribution in [-0.2, 0) is 42.8 Å². The summed E-state index contributed by atoms with van der Waals surface area (Å²) in [6.45, 7) is 2.86. The van der Waals surface area contributed by atoms with Crippen LogP contribution in [0.4, 0.5) is 4.39 Å². The zero-order valence-electron chi connectivity index (χ0n) is 22.9. The number of halogens is 1. The number of alkyl halides is 1. The van der Waals surface area contributed by atoms with Crippen LogP contribution in [0.5, 0.6) is 5.75 Å². The van der Waals surface area contributed by atoms with E-state index in [0.717, 1.165) is 20.8 Å². The third kappa shape index (κ3) is 8.01. The molecular formula is C28H29FO12. The summed E-state index contributed by atoms with van der Waals surface area (Å²) in [6.07, 6.45) is -8.00. The predicted octanol–water partition coefficient (Wildman–Crippen LogP) is 2.80. The first-order valence-electron chi connectivity index (χ1n) is 12.3. The second kappa shape index (κ2) is 13.7. The van der Waals surface area contributed by atoms with Crippen LogP contribution in [0.2, 0.25) is 0 Å². The molecule has 0 aromatic heterocycles. The Balaban J connectivity index is 1.89. The molecule has 0 spiro atoms. The van der Waals surface area contributed by atoms with Gasteiger partial charge >= 0.3 is 29.8 Å². The van der Waals surface area contributed by atoms with E-state index in [1.54, 1.807) is 12.1 Å². The number of methoxy groups -OCH3 is 2. The van der Waals surface area contributed by atoms with E-state index in [2.05, 4.69) is 0 Å². The molecule has 0 bridgehead atoms. The number of esters is 5. The van der Waals surface area contributed by atoms with Gasteiger partial charge in [0.2, 0.25) is 12.5 Å². The molecule has 3 rings (SSSR count). The summed E-state index contributed by atoms with van der Waals surface area (Å²) in [7, 11) is 2.42. The van der Waals surface area contributed by atoms with Crippen LogP contribution in [0, 0.1) is 0 Å². The van der Waals surface area contributed by atoms with Gasteiger partial charge in [0.15, 0.2) is 12.2 Å². The number of carbonyl (C=O) groups is 5. The number of carbonyl (C=O) groups excluding carboxylic acids is 5. The maximum atomic E-state index is 15.6. The van der Waals surface area contributed by atoms with Gasteiger partial charge in [-0.15, -0.1) is 0 Å². The van der Waals surface area contributed by atoms with Crippen molar-refractivity contribution in [3.05, 3.63) is 53.6 Å². The highest BCUT2D eigenvalue weighted by molar-refractivity contribution is 5.97. The van der Waals surface area contributed by atoms with Gasteiger partial charge in [0.05, 0.1) is 25.3 Å². The van der Waals surface area contributed by atoms with E-state index in [0.29, 0.717) is 11.1 Å². The number of benzene rings is 2. The first-order chi connectivity index (χ1) is 19.4. The molecule has 0 radical (unpaired) electrons. The van der Waals surface area contributed by atoms with Crippen LogP contribution in [0.15, 0.2) is 42.5 Å². The van der Waals surface area contributed by atoms with E-state index >= 15 is 4.39 Å².